The minimum absolute atomic E-state index is 0.0510. The highest BCUT2D eigenvalue weighted by molar-refractivity contribution is 4.97. The summed E-state index contributed by atoms with van der Waals surface area (Å²) in [7, 11) is 1.84. The number of likely N-dealkylation sites (tertiary alicyclic amines) is 1. The van der Waals surface area contributed by atoms with Gasteiger partial charge in [-0.15, -0.1) is 0 Å². The van der Waals surface area contributed by atoms with Gasteiger partial charge in [0.1, 0.15) is 0 Å². The molecule has 0 spiro atoms. The van der Waals surface area contributed by atoms with Crippen molar-refractivity contribution in [3.8, 4) is 0 Å². The molecule has 2 rings (SSSR count). The topological polar surface area (TPSA) is 44.7 Å². The van der Waals surface area contributed by atoms with Crippen LogP contribution in [0.4, 0.5) is 0 Å². The Balaban J connectivity index is 1.96. The summed E-state index contributed by atoms with van der Waals surface area (Å²) in [4.78, 5) is 2.62. The quantitative estimate of drug-likeness (QED) is 0.787. The van der Waals surface area contributed by atoms with Crippen LogP contribution < -0.4 is 5.32 Å². The minimum atomic E-state index is -0.0510. The van der Waals surface area contributed by atoms with E-state index in [0.717, 1.165) is 32.4 Å². The molecule has 0 bridgehead atoms. The number of rotatable bonds is 6. The number of ether oxygens (including phenoxy) is 1. The lowest BCUT2D eigenvalue weighted by Gasteiger charge is -2.47. The van der Waals surface area contributed by atoms with Crippen LogP contribution in [0.1, 0.15) is 52.4 Å². The Hall–Kier alpha value is -0.160. The van der Waals surface area contributed by atoms with Crippen molar-refractivity contribution in [3.05, 3.63) is 0 Å². The van der Waals surface area contributed by atoms with Gasteiger partial charge in [-0.25, -0.2) is 0 Å². The van der Waals surface area contributed by atoms with E-state index >= 15 is 0 Å². The molecule has 4 unspecified atom stereocenters. The van der Waals surface area contributed by atoms with Gasteiger partial charge in [-0.1, -0.05) is 13.8 Å². The second-order valence-electron chi connectivity index (χ2n) is 7.15. The maximum Gasteiger partial charge on any atom is 0.0724 e. The highest BCUT2D eigenvalue weighted by atomic mass is 16.5. The molecule has 0 amide bonds. The molecule has 0 aromatic rings. The van der Waals surface area contributed by atoms with Crippen molar-refractivity contribution in [2.75, 3.05) is 33.4 Å². The second-order valence-corrected chi connectivity index (χ2v) is 7.15. The number of aliphatic hydroxyl groups is 1. The van der Waals surface area contributed by atoms with E-state index in [1.807, 2.05) is 7.11 Å². The number of nitrogens with one attached hydrogen (secondary N) is 1. The van der Waals surface area contributed by atoms with Gasteiger partial charge in [-0.3, -0.25) is 4.90 Å². The van der Waals surface area contributed by atoms with Gasteiger partial charge in [0.05, 0.1) is 12.7 Å². The molecule has 0 aromatic heterocycles. The monoisotopic (exact) mass is 298 g/mol. The molecule has 1 aliphatic carbocycles. The van der Waals surface area contributed by atoms with E-state index < -0.39 is 0 Å². The zero-order chi connectivity index (χ0) is 15.3. The lowest BCUT2D eigenvalue weighted by Crippen LogP contribution is -2.58. The van der Waals surface area contributed by atoms with E-state index in [-0.39, 0.29) is 12.1 Å². The SMILES string of the molecule is CCCNC1(CO)CCCC(N2CCC(C)C(OC)C2)C1. The first-order valence-corrected chi connectivity index (χ1v) is 8.77. The average Bonchev–Trinajstić information content (AvgIpc) is 2.53. The molecule has 1 aliphatic heterocycles. The molecule has 4 atom stereocenters. The Morgan fingerprint density at radius 3 is 2.86 bits per heavy atom. The highest BCUT2D eigenvalue weighted by Gasteiger charge is 2.39. The van der Waals surface area contributed by atoms with E-state index in [1.165, 1.54) is 25.8 Å². The molecule has 1 heterocycles. The summed E-state index contributed by atoms with van der Waals surface area (Å²) in [5, 5.41) is 13.5. The van der Waals surface area contributed by atoms with Crippen LogP contribution >= 0.6 is 0 Å². The van der Waals surface area contributed by atoms with Gasteiger partial charge < -0.3 is 15.2 Å². The van der Waals surface area contributed by atoms with Crippen LogP contribution in [0, 0.1) is 5.92 Å². The Bertz CT molecular complexity index is 313. The van der Waals surface area contributed by atoms with Gasteiger partial charge in [-0.2, -0.15) is 0 Å². The minimum Gasteiger partial charge on any atom is -0.394 e. The largest absolute Gasteiger partial charge is 0.394 e. The molecule has 2 aliphatic rings. The maximum atomic E-state index is 9.92. The summed E-state index contributed by atoms with van der Waals surface area (Å²) in [6.45, 7) is 7.99. The summed E-state index contributed by atoms with van der Waals surface area (Å²) >= 11 is 0. The Morgan fingerprint density at radius 2 is 2.19 bits per heavy atom. The normalized spacial score (nSPS) is 38.6. The van der Waals surface area contributed by atoms with Crippen LogP contribution in [-0.2, 0) is 4.74 Å². The standard InChI is InChI=1S/C17H34N2O2/c1-4-9-18-17(13-20)8-5-6-15(11-17)19-10-7-14(2)16(12-19)21-3/h14-16,18,20H,4-13H2,1-3H3. The van der Waals surface area contributed by atoms with Gasteiger partial charge in [0.2, 0.25) is 0 Å². The van der Waals surface area contributed by atoms with E-state index in [2.05, 4.69) is 24.1 Å². The second kappa shape index (κ2) is 7.91. The first kappa shape index (κ1) is 17.2. The average molecular weight is 298 g/mol. The molecule has 4 nitrogen and oxygen atoms in total. The third kappa shape index (κ3) is 4.19. The molecule has 21 heavy (non-hydrogen) atoms. The van der Waals surface area contributed by atoms with Crippen LogP contribution in [0.2, 0.25) is 0 Å². The summed E-state index contributed by atoms with van der Waals surface area (Å²) in [5.41, 5.74) is -0.0510. The van der Waals surface area contributed by atoms with Crippen molar-refractivity contribution in [3.63, 3.8) is 0 Å². The molecule has 1 saturated carbocycles. The van der Waals surface area contributed by atoms with Crippen LogP contribution in [0.25, 0.3) is 0 Å². The van der Waals surface area contributed by atoms with Crippen molar-refractivity contribution in [1.82, 2.24) is 10.2 Å². The summed E-state index contributed by atoms with van der Waals surface area (Å²) in [6.07, 6.45) is 7.38. The fourth-order valence-corrected chi connectivity index (χ4v) is 4.09. The third-order valence-electron chi connectivity index (χ3n) is 5.61. The molecule has 124 valence electrons. The molecule has 4 heteroatoms. The Labute approximate surface area is 130 Å². The molecule has 1 saturated heterocycles. The predicted octanol–water partition coefficient (Wildman–Crippen LogP) is 2.02. The summed E-state index contributed by atoms with van der Waals surface area (Å²) < 4.78 is 5.66. The number of nitrogens with zero attached hydrogens (tertiary/aromatic N) is 1. The number of aliphatic hydroxyl groups excluding tert-OH is 1. The van der Waals surface area contributed by atoms with Gasteiger partial charge in [-0.05, 0) is 57.5 Å². The van der Waals surface area contributed by atoms with Crippen molar-refractivity contribution in [1.29, 1.82) is 0 Å². The van der Waals surface area contributed by atoms with Crippen molar-refractivity contribution < 1.29 is 9.84 Å². The maximum absolute atomic E-state index is 9.92. The van der Waals surface area contributed by atoms with Crippen LogP contribution in [0.5, 0.6) is 0 Å². The number of methoxy groups -OCH3 is 1. The van der Waals surface area contributed by atoms with Crippen LogP contribution in [-0.4, -0.2) is 61.0 Å². The first-order valence-electron chi connectivity index (χ1n) is 8.77. The van der Waals surface area contributed by atoms with Gasteiger partial charge >= 0.3 is 0 Å². The van der Waals surface area contributed by atoms with Crippen molar-refractivity contribution in [2.24, 2.45) is 5.92 Å². The third-order valence-corrected chi connectivity index (χ3v) is 5.61. The number of hydrogen-bond acceptors (Lipinski definition) is 4. The highest BCUT2D eigenvalue weighted by Crippen LogP contribution is 2.33. The van der Waals surface area contributed by atoms with E-state index in [1.54, 1.807) is 0 Å². The fourth-order valence-electron chi connectivity index (χ4n) is 4.09. The molecule has 0 radical (unpaired) electrons. The van der Waals surface area contributed by atoms with Gasteiger partial charge in [0.15, 0.2) is 0 Å². The Kier molecular flexibility index (Phi) is 6.48. The summed E-state index contributed by atoms with van der Waals surface area (Å²) in [6, 6.07) is 0.598. The van der Waals surface area contributed by atoms with E-state index in [0.29, 0.717) is 18.1 Å². The molecular weight excluding hydrogens is 264 g/mol. The molecule has 0 aromatic carbocycles. The fraction of sp³-hybridized carbons (Fsp3) is 1.00. The van der Waals surface area contributed by atoms with Crippen molar-refractivity contribution >= 4 is 0 Å². The van der Waals surface area contributed by atoms with Crippen molar-refractivity contribution in [2.45, 2.75) is 70.1 Å². The molecular formula is C17H34N2O2. The smallest absolute Gasteiger partial charge is 0.0724 e. The molecule has 2 fully saturated rings. The lowest BCUT2D eigenvalue weighted by atomic mass is 9.78. The summed E-state index contributed by atoms with van der Waals surface area (Å²) in [5.74, 6) is 0.663. The first-order chi connectivity index (χ1) is 10.1. The van der Waals surface area contributed by atoms with E-state index in [4.69, 9.17) is 4.74 Å². The zero-order valence-electron chi connectivity index (χ0n) is 14.1. The van der Waals surface area contributed by atoms with Gasteiger partial charge in [0, 0.05) is 25.2 Å². The van der Waals surface area contributed by atoms with Gasteiger partial charge in [0.25, 0.3) is 0 Å². The molecule has 2 N–H and O–H groups in total. The number of piperidine rings is 1. The number of hydrogen-bond donors (Lipinski definition) is 2. The Morgan fingerprint density at radius 1 is 1.38 bits per heavy atom. The van der Waals surface area contributed by atoms with Crippen LogP contribution in [0.15, 0.2) is 0 Å². The lowest BCUT2D eigenvalue weighted by molar-refractivity contribution is -0.0348. The zero-order valence-corrected chi connectivity index (χ0v) is 14.1. The predicted molar refractivity (Wildman–Crippen MR) is 86.5 cm³/mol. The van der Waals surface area contributed by atoms with E-state index in [9.17, 15) is 5.11 Å². The van der Waals surface area contributed by atoms with Crippen LogP contribution in [0.3, 0.4) is 0 Å².